The number of aliphatic hydroxyl groups is 1. The van der Waals surface area contributed by atoms with Crippen molar-refractivity contribution in [3.63, 3.8) is 0 Å². The molecule has 1 saturated heterocycles. The molecule has 1 atom stereocenters. The van der Waals surface area contributed by atoms with E-state index >= 15 is 0 Å². The zero-order valence-electron chi connectivity index (χ0n) is 10.6. The summed E-state index contributed by atoms with van der Waals surface area (Å²) in [4.78, 5) is 0. The molecule has 1 spiro atoms. The van der Waals surface area contributed by atoms with E-state index < -0.39 is 6.10 Å². The fourth-order valence-corrected chi connectivity index (χ4v) is 2.93. The predicted octanol–water partition coefficient (Wildman–Crippen LogP) is 1.63. The highest BCUT2D eigenvalue weighted by Gasteiger charge is 2.41. The highest BCUT2D eigenvalue weighted by molar-refractivity contribution is 5.43. The zero-order valence-corrected chi connectivity index (χ0v) is 10.6. The Morgan fingerprint density at radius 2 is 2.17 bits per heavy atom. The van der Waals surface area contributed by atoms with Crippen LogP contribution in [0.25, 0.3) is 0 Å². The summed E-state index contributed by atoms with van der Waals surface area (Å²) in [5.41, 5.74) is 0.658. The standard InChI is InChI=1S/C14H19NO3/c1-17-10-2-3-13-11(8-10)12(16)9-14(18-13)4-6-15-7-5-14/h2-3,8,12,15-16H,4-7,9H2,1H3/t12-/m1/s1. The lowest BCUT2D eigenvalue weighted by molar-refractivity contribution is -0.0338. The van der Waals surface area contributed by atoms with Crippen LogP contribution in [0, 0.1) is 0 Å². The number of ether oxygens (including phenoxy) is 2. The topological polar surface area (TPSA) is 50.7 Å². The maximum atomic E-state index is 10.3. The zero-order chi connectivity index (χ0) is 12.6. The van der Waals surface area contributed by atoms with Crippen LogP contribution in [0.2, 0.25) is 0 Å². The van der Waals surface area contributed by atoms with Gasteiger partial charge in [-0.3, -0.25) is 0 Å². The molecule has 4 nitrogen and oxygen atoms in total. The molecule has 2 heterocycles. The minimum Gasteiger partial charge on any atom is -0.497 e. The van der Waals surface area contributed by atoms with E-state index in [2.05, 4.69) is 5.32 Å². The van der Waals surface area contributed by atoms with Gasteiger partial charge in [-0.25, -0.2) is 0 Å². The van der Waals surface area contributed by atoms with Crippen LogP contribution in [0.4, 0.5) is 0 Å². The van der Waals surface area contributed by atoms with Gasteiger partial charge in [0.25, 0.3) is 0 Å². The van der Waals surface area contributed by atoms with Gasteiger partial charge in [-0.2, -0.15) is 0 Å². The van der Waals surface area contributed by atoms with Gasteiger partial charge in [-0.1, -0.05) is 0 Å². The highest BCUT2D eigenvalue weighted by atomic mass is 16.5. The maximum absolute atomic E-state index is 10.3. The van der Waals surface area contributed by atoms with Crippen LogP contribution in [-0.2, 0) is 0 Å². The van der Waals surface area contributed by atoms with Crippen molar-refractivity contribution in [2.24, 2.45) is 0 Å². The Morgan fingerprint density at radius 3 is 2.89 bits per heavy atom. The lowest BCUT2D eigenvalue weighted by Crippen LogP contribution is -2.49. The second-order valence-corrected chi connectivity index (χ2v) is 5.16. The molecule has 18 heavy (non-hydrogen) atoms. The number of hydrogen-bond donors (Lipinski definition) is 2. The van der Waals surface area contributed by atoms with Gasteiger partial charge in [0.1, 0.15) is 17.1 Å². The van der Waals surface area contributed by atoms with Crippen LogP contribution < -0.4 is 14.8 Å². The molecular weight excluding hydrogens is 230 g/mol. The van der Waals surface area contributed by atoms with Crippen molar-refractivity contribution < 1.29 is 14.6 Å². The van der Waals surface area contributed by atoms with Crippen LogP contribution in [-0.4, -0.2) is 30.9 Å². The molecule has 2 N–H and O–H groups in total. The van der Waals surface area contributed by atoms with Crippen LogP contribution in [0.3, 0.4) is 0 Å². The summed E-state index contributed by atoms with van der Waals surface area (Å²) in [5, 5.41) is 13.7. The molecule has 0 radical (unpaired) electrons. The first-order valence-corrected chi connectivity index (χ1v) is 6.48. The molecule has 1 fully saturated rings. The number of methoxy groups -OCH3 is 1. The van der Waals surface area contributed by atoms with Crippen molar-refractivity contribution in [3.8, 4) is 11.5 Å². The quantitative estimate of drug-likeness (QED) is 0.794. The summed E-state index contributed by atoms with van der Waals surface area (Å²) in [6.07, 6.45) is 2.13. The normalized spacial score (nSPS) is 25.3. The van der Waals surface area contributed by atoms with E-state index in [4.69, 9.17) is 9.47 Å². The summed E-state index contributed by atoms with van der Waals surface area (Å²) in [5.74, 6) is 1.56. The monoisotopic (exact) mass is 249 g/mol. The van der Waals surface area contributed by atoms with E-state index in [1.165, 1.54) is 0 Å². The third-order valence-corrected chi connectivity index (χ3v) is 3.98. The van der Waals surface area contributed by atoms with E-state index in [0.29, 0.717) is 6.42 Å². The fourth-order valence-electron chi connectivity index (χ4n) is 2.93. The molecule has 98 valence electrons. The van der Waals surface area contributed by atoms with Gasteiger partial charge in [0.2, 0.25) is 0 Å². The number of fused-ring (bicyclic) bond motifs is 1. The average molecular weight is 249 g/mol. The van der Waals surface area contributed by atoms with Gasteiger partial charge in [0.05, 0.1) is 13.2 Å². The Labute approximate surface area is 107 Å². The van der Waals surface area contributed by atoms with E-state index in [-0.39, 0.29) is 5.60 Å². The third kappa shape index (κ3) is 1.95. The number of rotatable bonds is 1. The summed E-state index contributed by atoms with van der Waals surface area (Å²) in [7, 11) is 1.63. The Kier molecular flexibility index (Phi) is 2.92. The Balaban J connectivity index is 1.92. The first-order chi connectivity index (χ1) is 8.72. The van der Waals surface area contributed by atoms with Gasteiger partial charge >= 0.3 is 0 Å². The van der Waals surface area contributed by atoms with E-state index in [1.54, 1.807) is 7.11 Å². The van der Waals surface area contributed by atoms with Crippen molar-refractivity contribution in [2.75, 3.05) is 20.2 Å². The lowest BCUT2D eigenvalue weighted by Gasteiger charge is -2.43. The highest BCUT2D eigenvalue weighted by Crippen LogP contribution is 2.44. The largest absolute Gasteiger partial charge is 0.497 e. The molecule has 4 heteroatoms. The van der Waals surface area contributed by atoms with Crippen LogP contribution in [0.1, 0.15) is 30.9 Å². The van der Waals surface area contributed by atoms with E-state index in [1.807, 2.05) is 18.2 Å². The Hall–Kier alpha value is -1.26. The van der Waals surface area contributed by atoms with Crippen LogP contribution >= 0.6 is 0 Å². The summed E-state index contributed by atoms with van der Waals surface area (Å²) < 4.78 is 11.4. The third-order valence-electron chi connectivity index (χ3n) is 3.98. The molecule has 0 aliphatic carbocycles. The Bertz CT molecular complexity index is 441. The van der Waals surface area contributed by atoms with Crippen molar-refractivity contribution in [3.05, 3.63) is 23.8 Å². The minimum atomic E-state index is -0.457. The molecular formula is C14H19NO3. The van der Waals surface area contributed by atoms with Gasteiger partial charge in [0.15, 0.2) is 0 Å². The van der Waals surface area contributed by atoms with Crippen LogP contribution in [0.5, 0.6) is 11.5 Å². The Morgan fingerprint density at radius 1 is 1.39 bits per heavy atom. The van der Waals surface area contributed by atoms with E-state index in [0.717, 1.165) is 43.0 Å². The average Bonchev–Trinajstić information content (AvgIpc) is 2.39. The maximum Gasteiger partial charge on any atom is 0.126 e. The number of piperidine rings is 1. The van der Waals surface area contributed by atoms with Gasteiger partial charge in [0, 0.05) is 12.0 Å². The van der Waals surface area contributed by atoms with Crippen molar-refractivity contribution in [1.29, 1.82) is 0 Å². The second kappa shape index (κ2) is 4.44. The molecule has 0 amide bonds. The summed E-state index contributed by atoms with van der Waals surface area (Å²) >= 11 is 0. The number of benzene rings is 1. The molecule has 0 bridgehead atoms. The molecule has 2 aliphatic heterocycles. The van der Waals surface area contributed by atoms with Gasteiger partial charge < -0.3 is 19.9 Å². The van der Waals surface area contributed by atoms with Crippen molar-refractivity contribution in [2.45, 2.75) is 31.0 Å². The predicted molar refractivity (Wildman–Crippen MR) is 68.0 cm³/mol. The summed E-state index contributed by atoms with van der Waals surface area (Å²) in [6.45, 7) is 1.91. The van der Waals surface area contributed by atoms with Gasteiger partial charge in [-0.15, -0.1) is 0 Å². The fraction of sp³-hybridized carbons (Fsp3) is 0.571. The SMILES string of the molecule is COc1ccc2c(c1)[C@H](O)CC1(CCNCC1)O2. The number of hydrogen-bond acceptors (Lipinski definition) is 4. The molecule has 2 aliphatic rings. The number of aliphatic hydroxyl groups excluding tert-OH is 1. The van der Waals surface area contributed by atoms with E-state index in [9.17, 15) is 5.11 Å². The molecule has 0 saturated carbocycles. The lowest BCUT2D eigenvalue weighted by atomic mass is 9.82. The molecule has 1 aromatic rings. The smallest absolute Gasteiger partial charge is 0.126 e. The first kappa shape index (κ1) is 11.8. The number of nitrogens with one attached hydrogen (secondary N) is 1. The molecule has 3 rings (SSSR count). The molecule has 0 aromatic heterocycles. The minimum absolute atomic E-state index is 0.188. The first-order valence-electron chi connectivity index (χ1n) is 6.48. The second-order valence-electron chi connectivity index (χ2n) is 5.16. The van der Waals surface area contributed by atoms with Crippen molar-refractivity contribution in [1.82, 2.24) is 5.32 Å². The molecule has 1 aromatic carbocycles. The molecule has 0 unspecified atom stereocenters. The van der Waals surface area contributed by atoms with Crippen LogP contribution in [0.15, 0.2) is 18.2 Å². The van der Waals surface area contributed by atoms with Crippen molar-refractivity contribution >= 4 is 0 Å². The summed E-state index contributed by atoms with van der Waals surface area (Å²) in [6, 6.07) is 5.65. The van der Waals surface area contributed by atoms with Gasteiger partial charge in [-0.05, 0) is 44.1 Å².